The van der Waals surface area contributed by atoms with Crippen LogP contribution in [0.3, 0.4) is 0 Å². The molecule has 1 aromatic heterocycles. The largest absolute Gasteiger partial charge is 0.361 e. The number of allylic oxidation sites excluding steroid dienone is 1. The second kappa shape index (κ2) is 6.09. The molecule has 0 spiro atoms. The average Bonchev–Trinajstić information content (AvgIpc) is 2.91. The summed E-state index contributed by atoms with van der Waals surface area (Å²) in [6.45, 7) is 0. The van der Waals surface area contributed by atoms with E-state index in [9.17, 15) is 4.79 Å². The highest BCUT2D eigenvalue weighted by Crippen LogP contribution is 2.19. The molecule has 0 amide bonds. The Morgan fingerprint density at radius 2 is 1.62 bits per heavy atom. The maximum atomic E-state index is 11.8. The first-order valence-electron chi connectivity index (χ1n) is 6.82. The third-order valence-electron chi connectivity index (χ3n) is 3.29. The van der Waals surface area contributed by atoms with E-state index in [-0.39, 0.29) is 5.63 Å². The third kappa shape index (κ3) is 3.03. The summed E-state index contributed by atoms with van der Waals surface area (Å²) >= 11 is 0. The summed E-state index contributed by atoms with van der Waals surface area (Å²) in [6, 6.07) is 19.7. The topological polar surface area (TPSA) is 46.0 Å². The highest BCUT2D eigenvalue weighted by atomic mass is 16.5. The van der Waals surface area contributed by atoms with Crippen LogP contribution in [0.4, 0.5) is 0 Å². The van der Waals surface area contributed by atoms with Crippen LogP contribution in [0.2, 0.25) is 0 Å². The van der Waals surface area contributed by atoms with Crippen LogP contribution in [0.25, 0.3) is 17.3 Å². The molecule has 0 saturated heterocycles. The van der Waals surface area contributed by atoms with Gasteiger partial charge in [-0.1, -0.05) is 72.8 Å². The number of hydrogen-bond acceptors (Lipinski definition) is 2. The Morgan fingerprint density at radius 1 is 0.952 bits per heavy atom. The molecule has 0 bridgehead atoms. The molecule has 1 heterocycles. The second-order valence-corrected chi connectivity index (χ2v) is 4.73. The lowest BCUT2D eigenvalue weighted by molar-refractivity contribution is 0.392. The van der Waals surface area contributed by atoms with Gasteiger partial charge in [-0.3, -0.25) is 0 Å². The van der Waals surface area contributed by atoms with Gasteiger partial charge in [0.1, 0.15) is 0 Å². The third-order valence-corrected chi connectivity index (χ3v) is 3.29. The van der Waals surface area contributed by atoms with Gasteiger partial charge in [0.15, 0.2) is 0 Å². The number of benzene rings is 2. The van der Waals surface area contributed by atoms with Crippen LogP contribution in [0, 0.1) is 0 Å². The van der Waals surface area contributed by atoms with Crippen molar-refractivity contribution < 1.29 is 4.52 Å². The molecule has 0 unspecified atom stereocenters. The molecule has 0 radical (unpaired) electrons. The number of hydrogen-bond donors (Lipinski definition) is 1. The van der Waals surface area contributed by atoms with Crippen molar-refractivity contribution in [3.8, 4) is 11.3 Å². The Morgan fingerprint density at radius 3 is 2.33 bits per heavy atom. The molecule has 2 aromatic carbocycles. The molecule has 21 heavy (non-hydrogen) atoms. The predicted molar refractivity (Wildman–Crippen MR) is 83.9 cm³/mol. The summed E-state index contributed by atoms with van der Waals surface area (Å²) in [7, 11) is 0. The number of rotatable bonds is 4. The lowest BCUT2D eigenvalue weighted by Crippen LogP contribution is -2.01. The maximum Gasteiger partial charge on any atom is 0.361 e. The molecule has 3 aromatic rings. The first kappa shape index (κ1) is 13.2. The Labute approximate surface area is 122 Å². The minimum Gasteiger partial charge on any atom is -0.338 e. The first-order valence-corrected chi connectivity index (χ1v) is 6.82. The zero-order valence-electron chi connectivity index (χ0n) is 11.5. The van der Waals surface area contributed by atoms with Crippen molar-refractivity contribution in [1.29, 1.82) is 0 Å². The minimum atomic E-state index is -0.313. The van der Waals surface area contributed by atoms with Crippen LogP contribution in [-0.2, 0) is 6.42 Å². The van der Waals surface area contributed by atoms with E-state index in [0.29, 0.717) is 12.0 Å². The molecule has 104 valence electrons. The number of H-pyrrole nitrogens is 1. The van der Waals surface area contributed by atoms with Crippen molar-refractivity contribution >= 4 is 6.08 Å². The molecule has 0 fully saturated rings. The van der Waals surface area contributed by atoms with Crippen LogP contribution in [-0.4, -0.2) is 5.16 Å². The van der Waals surface area contributed by atoms with Gasteiger partial charge in [-0.2, -0.15) is 0 Å². The fourth-order valence-electron chi connectivity index (χ4n) is 2.22. The molecule has 0 aliphatic carbocycles. The normalized spacial score (nSPS) is 11.0. The predicted octanol–water partition coefficient (Wildman–Crippen LogP) is 3.89. The average molecular weight is 277 g/mol. The number of aromatic amines is 1. The Hall–Kier alpha value is -2.81. The van der Waals surface area contributed by atoms with Crippen molar-refractivity contribution in [2.45, 2.75) is 6.42 Å². The fraction of sp³-hybridized carbons (Fsp3) is 0.0556. The van der Waals surface area contributed by atoms with Crippen LogP contribution in [0.15, 0.2) is 76.1 Å². The molecule has 3 nitrogen and oxygen atoms in total. The van der Waals surface area contributed by atoms with Gasteiger partial charge < -0.3 is 4.52 Å². The summed E-state index contributed by atoms with van der Waals surface area (Å²) in [5, 5.41) is 2.72. The Balaban J connectivity index is 1.85. The Bertz CT molecular complexity index is 783. The van der Waals surface area contributed by atoms with Gasteiger partial charge in [0.05, 0.1) is 11.3 Å². The van der Waals surface area contributed by atoms with E-state index >= 15 is 0 Å². The molecular formula is C18H15NO2. The maximum absolute atomic E-state index is 11.8. The van der Waals surface area contributed by atoms with Crippen molar-refractivity contribution in [1.82, 2.24) is 5.16 Å². The summed E-state index contributed by atoms with van der Waals surface area (Å²) in [5.74, 6) is 0. The van der Waals surface area contributed by atoms with E-state index < -0.39 is 0 Å². The molecule has 0 saturated carbocycles. The van der Waals surface area contributed by atoms with E-state index in [1.54, 1.807) is 0 Å². The van der Waals surface area contributed by atoms with Gasteiger partial charge in [0.25, 0.3) is 0 Å². The first-order chi connectivity index (χ1) is 10.3. The summed E-state index contributed by atoms with van der Waals surface area (Å²) in [5.41, 5.74) is 3.14. The fourth-order valence-corrected chi connectivity index (χ4v) is 2.22. The van der Waals surface area contributed by atoms with E-state index in [0.717, 1.165) is 16.8 Å². The van der Waals surface area contributed by atoms with Crippen LogP contribution < -0.4 is 5.63 Å². The smallest absolute Gasteiger partial charge is 0.338 e. The molecule has 0 aliphatic heterocycles. The minimum absolute atomic E-state index is 0.313. The van der Waals surface area contributed by atoms with E-state index in [1.165, 1.54) is 0 Å². The zero-order valence-corrected chi connectivity index (χ0v) is 11.5. The van der Waals surface area contributed by atoms with Gasteiger partial charge in [-0.05, 0) is 5.56 Å². The SMILES string of the molecule is O=c1o[nH]c(-c2ccccc2)c1C/C=C/c1ccccc1. The van der Waals surface area contributed by atoms with Gasteiger partial charge >= 0.3 is 5.63 Å². The van der Waals surface area contributed by atoms with Crippen molar-refractivity contribution in [3.63, 3.8) is 0 Å². The van der Waals surface area contributed by atoms with Crippen LogP contribution in [0.5, 0.6) is 0 Å². The Kier molecular flexibility index (Phi) is 3.83. The summed E-state index contributed by atoms with van der Waals surface area (Å²) in [6.07, 6.45) is 4.51. The molecule has 0 atom stereocenters. The van der Waals surface area contributed by atoms with Crippen LogP contribution >= 0.6 is 0 Å². The van der Waals surface area contributed by atoms with Gasteiger partial charge in [0, 0.05) is 12.0 Å². The van der Waals surface area contributed by atoms with Gasteiger partial charge in [-0.25, -0.2) is 9.95 Å². The molecular weight excluding hydrogens is 262 g/mol. The second-order valence-electron chi connectivity index (χ2n) is 4.73. The van der Waals surface area contributed by atoms with Crippen molar-refractivity contribution in [2.24, 2.45) is 0 Å². The summed E-state index contributed by atoms with van der Waals surface area (Å²) < 4.78 is 4.94. The quantitative estimate of drug-likeness (QED) is 0.786. The highest BCUT2D eigenvalue weighted by molar-refractivity contribution is 5.62. The van der Waals surface area contributed by atoms with Gasteiger partial charge in [0.2, 0.25) is 0 Å². The summed E-state index contributed by atoms with van der Waals surface area (Å²) in [4.78, 5) is 11.8. The number of aromatic nitrogens is 1. The highest BCUT2D eigenvalue weighted by Gasteiger charge is 2.11. The van der Waals surface area contributed by atoms with E-state index in [4.69, 9.17) is 4.52 Å². The molecule has 3 heteroatoms. The van der Waals surface area contributed by atoms with Crippen molar-refractivity contribution in [2.75, 3.05) is 0 Å². The number of nitrogens with one attached hydrogen (secondary N) is 1. The monoisotopic (exact) mass is 277 g/mol. The lowest BCUT2D eigenvalue weighted by Gasteiger charge is -1.98. The lowest BCUT2D eigenvalue weighted by atomic mass is 10.1. The molecule has 1 N–H and O–H groups in total. The standard InChI is InChI=1S/C18H15NO2/c20-18-16(13-7-10-14-8-3-1-4-9-14)17(19-21-18)15-11-5-2-6-12-15/h1-12,19H,13H2/b10-7+. The van der Waals surface area contributed by atoms with Crippen LogP contribution in [0.1, 0.15) is 11.1 Å². The zero-order chi connectivity index (χ0) is 14.5. The van der Waals surface area contributed by atoms with E-state index in [2.05, 4.69) is 5.16 Å². The van der Waals surface area contributed by atoms with Gasteiger partial charge in [-0.15, -0.1) is 0 Å². The van der Waals surface area contributed by atoms with Crippen molar-refractivity contribution in [3.05, 3.63) is 88.3 Å². The molecule has 0 aliphatic rings. The molecule has 3 rings (SSSR count). The van der Waals surface area contributed by atoms with E-state index in [1.807, 2.05) is 72.8 Å².